The first-order valence-corrected chi connectivity index (χ1v) is 9.05. The van der Waals surface area contributed by atoms with Gasteiger partial charge < -0.3 is 15.4 Å². The third kappa shape index (κ3) is 5.60. The van der Waals surface area contributed by atoms with E-state index in [2.05, 4.69) is 25.5 Å². The maximum atomic E-state index is 11.6. The number of nitrogens with one attached hydrogen (secondary N) is 2. The predicted molar refractivity (Wildman–Crippen MR) is 103 cm³/mol. The van der Waals surface area contributed by atoms with E-state index in [1.807, 2.05) is 30.3 Å². The summed E-state index contributed by atoms with van der Waals surface area (Å²) in [7, 11) is 0. The molecule has 0 saturated carbocycles. The first kappa shape index (κ1) is 19.0. The topological polar surface area (TPSA) is 105 Å². The van der Waals surface area contributed by atoms with E-state index in [0.29, 0.717) is 13.1 Å². The van der Waals surface area contributed by atoms with Gasteiger partial charge in [0.1, 0.15) is 6.33 Å². The summed E-state index contributed by atoms with van der Waals surface area (Å²) in [6.45, 7) is 5.38. The van der Waals surface area contributed by atoms with Gasteiger partial charge in [-0.2, -0.15) is 0 Å². The van der Waals surface area contributed by atoms with Gasteiger partial charge in [0.05, 0.1) is 18.1 Å². The zero-order valence-electron chi connectivity index (χ0n) is 15.1. The molecule has 2 heterocycles. The molecule has 0 unspecified atom stereocenters. The van der Waals surface area contributed by atoms with Crippen LogP contribution in [0.25, 0.3) is 0 Å². The molecule has 1 aliphatic heterocycles. The maximum Gasteiger partial charge on any atom is 0.353 e. The fourth-order valence-electron chi connectivity index (χ4n) is 2.93. The molecule has 9 nitrogen and oxygen atoms in total. The van der Waals surface area contributed by atoms with Gasteiger partial charge in [0, 0.05) is 26.2 Å². The Bertz CT molecular complexity index is 737. The third-order valence-electron chi connectivity index (χ3n) is 4.35. The summed E-state index contributed by atoms with van der Waals surface area (Å²) in [4.78, 5) is 21.6. The number of nitrogens with zero attached hydrogens (tertiary/aromatic N) is 4. The number of morpholine rings is 1. The fourth-order valence-corrected chi connectivity index (χ4v) is 2.93. The minimum atomic E-state index is -0.447. The molecule has 3 rings (SSSR count). The van der Waals surface area contributed by atoms with Gasteiger partial charge in [0.15, 0.2) is 0 Å². The van der Waals surface area contributed by atoms with Gasteiger partial charge in [-0.3, -0.25) is 15.0 Å². The molecule has 0 radical (unpaired) electrons. The zero-order valence-corrected chi connectivity index (χ0v) is 15.1. The molecule has 144 valence electrons. The Morgan fingerprint density at radius 2 is 1.81 bits per heavy atom. The van der Waals surface area contributed by atoms with E-state index in [9.17, 15) is 10.1 Å². The lowest BCUT2D eigenvalue weighted by molar-refractivity contribution is -0.383. The highest BCUT2D eigenvalue weighted by Crippen LogP contribution is 2.29. The molecular formula is C18H24N6O3. The Labute approximate surface area is 157 Å². The SMILES string of the molecule is O=[N+]([O-])c1c(NCCCN2CCOCC2)ncnc1NCc1ccccc1. The number of ether oxygens (including phenoxy) is 1. The molecule has 0 spiro atoms. The second-order valence-electron chi connectivity index (χ2n) is 6.25. The lowest BCUT2D eigenvalue weighted by Gasteiger charge is -2.26. The first-order chi connectivity index (χ1) is 13.2. The summed E-state index contributed by atoms with van der Waals surface area (Å²) >= 11 is 0. The summed E-state index contributed by atoms with van der Waals surface area (Å²) in [5.74, 6) is 0.460. The average molecular weight is 372 g/mol. The van der Waals surface area contributed by atoms with Crippen molar-refractivity contribution in [3.8, 4) is 0 Å². The maximum absolute atomic E-state index is 11.6. The van der Waals surface area contributed by atoms with Crippen molar-refractivity contribution in [2.45, 2.75) is 13.0 Å². The van der Waals surface area contributed by atoms with Gasteiger partial charge in [0.2, 0.25) is 11.6 Å². The Balaban J connectivity index is 1.58. The van der Waals surface area contributed by atoms with Gasteiger partial charge in [-0.05, 0) is 18.5 Å². The monoisotopic (exact) mass is 372 g/mol. The molecule has 27 heavy (non-hydrogen) atoms. The molecule has 0 bridgehead atoms. The van der Waals surface area contributed by atoms with Crippen LogP contribution in [0, 0.1) is 10.1 Å². The van der Waals surface area contributed by atoms with E-state index in [0.717, 1.165) is 44.8 Å². The average Bonchev–Trinajstić information content (AvgIpc) is 2.71. The fraction of sp³-hybridized carbons (Fsp3) is 0.444. The Kier molecular flexibility index (Phi) is 6.89. The van der Waals surface area contributed by atoms with Crippen LogP contribution in [0.3, 0.4) is 0 Å². The standard InChI is InChI=1S/C18H24N6O3/c25-24(26)16-17(19-7-4-8-23-9-11-27-12-10-23)21-14-22-18(16)20-13-15-5-2-1-3-6-15/h1-3,5-6,14H,4,7-13H2,(H2,19,20,21,22). The van der Waals surface area contributed by atoms with E-state index < -0.39 is 4.92 Å². The van der Waals surface area contributed by atoms with Crippen LogP contribution in [0.1, 0.15) is 12.0 Å². The van der Waals surface area contributed by atoms with Gasteiger partial charge in [-0.15, -0.1) is 0 Å². The van der Waals surface area contributed by atoms with E-state index in [4.69, 9.17) is 4.74 Å². The zero-order chi connectivity index (χ0) is 18.9. The van der Waals surface area contributed by atoms with Crippen LogP contribution in [0.5, 0.6) is 0 Å². The number of hydrogen-bond donors (Lipinski definition) is 2. The number of benzene rings is 1. The number of rotatable bonds is 9. The summed E-state index contributed by atoms with van der Waals surface area (Å²) in [5, 5.41) is 17.7. The molecule has 2 aromatic rings. The lowest BCUT2D eigenvalue weighted by atomic mass is 10.2. The summed E-state index contributed by atoms with van der Waals surface area (Å²) in [6.07, 6.45) is 2.21. The van der Waals surface area contributed by atoms with Crippen molar-refractivity contribution in [2.75, 3.05) is 50.0 Å². The predicted octanol–water partition coefficient (Wildman–Crippen LogP) is 2.13. The number of nitro groups is 1. The van der Waals surface area contributed by atoms with Gasteiger partial charge in [-0.25, -0.2) is 9.97 Å². The summed E-state index contributed by atoms with van der Waals surface area (Å²) in [6, 6.07) is 9.67. The molecule has 1 aromatic carbocycles. The van der Waals surface area contributed by atoms with Crippen molar-refractivity contribution in [1.29, 1.82) is 0 Å². The minimum absolute atomic E-state index is 0.125. The molecule has 0 amide bonds. The highest BCUT2D eigenvalue weighted by Gasteiger charge is 2.22. The minimum Gasteiger partial charge on any atom is -0.379 e. The molecule has 1 aliphatic rings. The molecular weight excluding hydrogens is 348 g/mol. The Hall–Kier alpha value is -2.78. The van der Waals surface area contributed by atoms with Crippen LogP contribution < -0.4 is 10.6 Å². The van der Waals surface area contributed by atoms with E-state index in [1.54, 1.807) is 0 Å². The van der Waals surface area contributed by atoms with Crippen molar-refractivity contribution >= 4 is 17.3 Å². The number of anilines is 2. The highest BCUT2D eigenvalue weighted by molar-refractivity contribution is 5.69. The second kappa shape index (κ2) is 9.79. The molecule has 1 fully saturated rings. The lowest BCUT2D eigenvalue weighted by Crippen LogP contribution is -2.37. The normalized spacial score (nSPS) is 14.7. The largest absolute Gasteiger partial charge is 0.379 e. The summed E-state index contributed by atoms with van der Waals surface area (Å²) in [5.41, 5.74) is 0.894. The molecule has 1 aromatic heterocycles. The van der Waals surface area contributed by atoms with Crippen molar-refractivity contribution in [3.05, 3.63) is 52.3 Å². The van der Waals surface area contributed by atoms with Crippen LogP contribution in [-0.4, -0.2) is 59.2 Å². The van der Waals surface area contributed by atoms with Crippen LogP contribution in [0.2, 0.25) is 0 Å². The number of hydrogen-bond acceptors (Lipinski definition) is 8. The van der Waals surface area contributed by atoms with Gasteiger partial charge in [0.25, 0.3) is 0 Å². The van der Waals surface area contributed by atoms with E-state index in [1.165, 1.54) is 6.33 Å². The van der Waals surface area contributed by atoms with Gasteiger partial charge >= 0.3 is 5.69 Å². The van der Waals surface area contributed by atoms with Crippen LogP contribution in [0.15, 0.2) is 36.7 Å². The van der Waals surface area contributed by atoms with Crippen LogP contribution in [-0.2, 0) is 11.3 Å². The van der Waals surface area contributed by atoms with Crippen molar-refractivity contribution < 1.29 is 9.66 Å². The quantitative estimate of drug-likeness (QED) is 0.392. The Morgan fingerprint density at radius 1 is 1.11 bits per heavy atom. The Morgan fingerprint density at radius 3 is 2.52 bits per heavy atom. The van der Waals surface area contributed by atoms with E-state index >= 15 is 0 Å². The molecule has 2 N–H and O–H groups in total. The van der Waals surface area contributed by atoms with Crippen molar-refractivity contribution in [1.82, 2.24) is 14.9 Å². The molecule has 9 heteroatoms. The number of aromatic nitrogens is 2. The van der Waals surface area contributed by atoms with E-state index in [-0.39, 0.29) is 17.3 Å². The van der Waals surface area contributed by atoms with Crippen molar-refractivity contribution in [2.24, 2.45) is 0 Å². The van der Waals surface area contributed by atoms with Crippen LogP contribution >= 0.6 is 0 Å². The molecule has 0 aliphatic carbocycles. The highest BCUT2D eigenvalue weighted by atomic mass is 16.6. The summed E-state index contributed by atoms with van der Waals surface area (Å²) < 4.78 is 5.33. The van der Waals surface area contributed by atoms with Crippen LogP contribution in [0.4, 0.5) is 17.3 Å². The second-order valence-corrected chi connectivity index (χ2v) is 6.25. The molecule has 0 atom stereocenters. The molecule has 1 saturated heterocycles. The third-order valence-corrected chi connectivity index (χ3v) is 4.35. The first-order valence-electron chi connectivity index (χ1n) is 9.05. The van der Waals surface area contributed by atoms with Gasteiger partial charge in [-0.1, -0.05) is 30.3 Å². The van der Waals surface area contributed by atoms with Crippen molar-refractivity contribution in [3.63, 3.8) is 0 Å². The smallest absolute Gasteiger partial charge is 0.353 e.